The van der Waals surface area contributed by atoms with Gasteiger partial charge in [0.05, 0.1) is 25.5 Å². The molecule has 1 saturated heterocycles. The molecule has 2 fully saturated rings. The molecule has 0 radical (unpaired) electrons. The summed E-state index contributed by atoms with van der Waals surface area (Å²) in [5.41, 5.74) is 0.685. The van der Waals surface area contributed by atoms with E-state index in [1.165, 1.54) is 25.4 Å². The molecule has 3 rings (SSSR count). The van der Waals surface area contributed by atoms with Crippen molar-refractivity contribution in [1.29, 1.82) is 5.41 Å². The Morgan fingerprint density at radius 1 is 1.43 bits per heavy atom. The number of alkyl carbamates (subject to hydrolysis) is 1. The molecular weight excluding hydrogens is 455 g/mol. The van der Waals surface area contributed by atoms with E-state index >= 15 is 0 Å². The Morgan fingerprint density at radius 3 is 2.83 bits per heavy atom. The Hall–Kier alpha value is -2.92. The Morgan fingerprint density at radius 2 is 2.20 bits per heavy atom. The molecule has 3 N–H and O–H groups in total. The number of amides is 2. The summed E-state index contributed by atoms with van der Waals surface area (Å²) in [6, 6.07) is 2.38. The quantitative estimate of drug-likeness (QED) is 0.320. The fourth-order valence-corrected chi connectivity index (χ4v) is 4.12. The van der Waals surface area contributed by atoms with Gasteiger partial charge < -0.3 is 30.4 Å². The molecule has 0 bridgehead atoms. The second-order valence-corrected chi connectivity index (χ2v) is 8.77. The maximum Gasteiger partial charge on any atom is 0.406 e. The van der Waals surface area contributed by atoms with Crippen molar-refractivity contribution in [2.45, 2.75) is 51.3 Å². The number of ether oxygens (including phenoxy) is 2. The van der Waals surface area contributed by atoms with E-state index in [9.17, 15) is 14.0 Å². The van der Waals surface area contributed by atoms with Crippen LogP contribution in [0.1, 0.15) is 38.8 Å². The van der Waals surface area contributed by atoms with E-state index in [0.29, 0.717) is 44.9 Å². The first kappa shape index (κ1) is 26.7. The molecule has 3 atom stereocenters. The van der Waals surface area contributed by atoms with Crippen LogP contribution in [0.4, 0.5) is 9.18 Å². The van der Waals surface area contributed by atoms with Gasteiger partial charge in [0.2, 0.25) is 0 Å². The molecule has 35 heavy (non-hydrogen) atoms. The fourth-order valence-electron chi connectivity index (χ4n) is 4.12. The number of nitrogens with zero attached hydrogens (tertiary/aromatic N) is 3. The van der Waals surface area contributed by atoms with Crippen molar-refractivity contribution in [2.75, 3.05) is 39.9 Å². The third-order valence-electron chi connectivity index (χ3n) is 6.21. The van der Waals surface area contributed by atoms with E-state index in [0.717, 1.165) is 12.8 Å². The Kier molecular flexibility index (Phi) is 9.67. The highest BCUT2D eigenvalue weighted by atomic mass is 19.1. The van der Waals surface area contributed by atoms with Gasteiger partial charge in [-0.2, -0.15) is 0 Å². The minimum atomic E-state index is -0.581. The normalized spacial score (nSPS) is 20.0. The number of aliphatic imine (C=N–C) groups is 1. The highest BCUT2D eigenvalue weighted by Gasteiger charge is 2.42. The second-order valence-electron chi connectivity index (χ2n) is 8.77. The topological polar surface area (TPSA) is 129 Å². The Bertz CT molecular complexity index is 932. The van der Waals surface area contributed by atoms with Gasteiger partial charge in [-0.3, -0.25) is 14.8 Å². The minimum Gasteiger partial charge on any atom is -0.453 e. The van der Waals surface area contributed by atoms with E-state index < -0.39 is 30.0 Å². The van der Waals surface area contributed by atoms with Gasteiger partial charge >= 0.3 is 6.09 Å². The molecule has 11 heteroatoms. The zero-order valence-corrected chi connectivity index (χ0v) is 20.6. The van der Waals surface area contributed by atoms with Gasteiger partial charge in [-0.25, -0.2) is 9.18 Å². The summed E-state index contributed by atoms with van der Waals surface area (Å²) < 4.78 is 24.9. The summed E-state index contributed by atoms with van der Waals surface area (Å²) in [7, 11) is 1.29. The van der Waals surface area contributed by atoms with Crippen LogP contribution in [-0.2, 0) is 14.3 Å². The SMILES string of the molecule is COC(=O)NCCCN=C(c1ncccc1F)C(C)C(=N)[C@@H](C)N(C(=O)[C@H]1CNCCO1)C1CC1. The third kappa shape index (κ3) is 7.04. The summed E-state index contributed by atoms with van der Waals surface area (Å²) in [6.07, 6.45) is 2.66. The van der Waals surface area contributed by atoms with E-state index in [2.05, 4.69) is 25.3 Å². The number of pyridine rings is 1. The largest absolute Gasteiger partial charge is 0.453 e. The zero-order valence-electron chi connectivity index (χ0n) is 20.6. The van der Waals surface area contributed by atoms with Crippen LogP contribution >= 0.6 is 0 Å². The lowest BCUT2D eigenvalue weighted by Crippen LogP contribution is -2.55. The van der Waals surface area contributed by atoms with E-state index in [1.54, 1.807) is 11.8 Å². The summed E-state index contributed by atoms with van der Waals surface area (Å²) in [5.74, 6) is -1.23. The van der Waals surface area contributed by atoms with Crippen molar-refractivity contribution in [2.24, 2.45) is 10.9 Å². The molecule has 1 aliphatic carbocycles. The standard InChI is InChI=1S/C24H35FN6O4/c1-15(20(26)16(2)31(17-7-8-17)23(32)19-14-27-12-13-35-19)21(22-18(25)6-4-9-29-22)28-10-5-11-30-24(33)34-3/h4,6,9,15-17,19,26-27H,5,7-8,10-14H2,1-3H3,(H,30,33)/t15?,16-,19-/m1/s1. The van der Waals surface area contributed by atoms with Gasteiger partial charge in [-0.05, 0) is 38.3 Å². The number of nitrogens with one attached hydrogen (secondary N) is 3. The summed E-state index contributed by atoms with van der Waals surface area (Å²) in [6.45, 7) is 5.88. The van der Waals surface area contributed by atoms with Crippen molar-refractivity contribution in [3.8, 4) is 0 Å². The molecule has 2 heterocycles. The van der Waals surface area contributed by atoms with E-state index in [4.69, 9.17) is 10.1 Å². The molecule has 1 unspecified atom stereocenters. The summed E-state index contributed by atoms with van der Waals surface area (Å²) in [5, 5.41) is 14.7. The predicted octanol–water partition coefficient (Wildman–Crippen LogP) is 1.78. The maximum absolute atomic E-state index is 14.7. The highest BCUT2D eigenvalue weighted by Crippen LogP contribution is 2.31. The molecule has 1 aromatic heterocycles. The lowest BCUT2D eigenvalue weighted by atomic mass is 9.91. The molecule has 10 nitrogen and oxygen atoms in total. The van der Waals surface area contributed by atoms with Crippen LogP contribution in [0.5, 0.6) is 0 Å². The Labute approximate surface area is 205 Å². The monoisotopic (exact) mass is 490 g/mol. The lowest BCUT2D eigenvalue weighted by molar-refractivity contribution is -0.146. The van der Waals surface area contributed by atoms with Crippen molar-refractivity contribution < 1.29 is 23.5 Å². The number of carbonyl (C=O) groups excluding carboxylic acids is 2. The van der Waals surface area contributed by atoms with Crippen LogP contribution in [0.15, 0.2) is 23.3 Å². The zero-order chi connectivity index (χ0) is 25.4. The molecule has 2 aliphatic rings. The number of morpholine rings is 1. The minimum absolute atomic E-state index is 0.0759. The first-order chi connectivity index (χ1) is 16.8. The smallest absolute Gasteiger partial charge is 0.406 e. The van der Waals surface area contributed by atoms with Crippen LogP contribution in [0.25, 0.3) is 0 Å². The maximum atomic E-state index is 14.7. The summed E-state index contributed by atoms with van der Waals surface area (Å²) in [4.78, 5) is 35.0. The fraction of sp³-hybridized carbons (Fsp3) is 0.625. The average Bonchev–Trinajstić information content (AvgIpc) is 3.71. The van der Waals surface area contributed by atoms with E-state index in [1.807, 2.05) is 6.92 Å². The van der Waals surface area contributed by atoms with Crippen LogP contribution < -0.4 is 10.6 Å². The van der Waals surface area contributed by atoms with Gasteiger partial charge in [0.25, 0.3) is 5.91 Å². The molecular formula is C24H35FN6O4. The van der Waals surface area contributed by atoms with Crippen LogP contribution in [-0.4, -0.2) is 91.4 Å². The molecule has 1 saturated carbocycles. The van der Waals surface area contributed by atoms with E-state index in [-0.39, 0.29) is 23.4 Å². The molecule has 1 aromatic rings. The number of methoxy groups -OCH3 is 1. The van der Waals surface area contributed by atoms with Crippen LogP contribution in [0, 0.1) is 17.1 Å². The number of hydrogen-bond acceptors (Lipinski definition) is 8. The highest BCUT2D eigenvalue weighted by molar-refractivity contribution is 6.15. The molecule has 0 spiro atoms. The molecule has 192 valence electrons. The van der Waals surface area contributed by atoms with Crippen molar-refractivity contribution in [3.05, 3.63) is 29.8 Å². The van der Waals surface area contributed by atoms with Gasteiger partial charge in [0.15, 0.2) is 5.82 Å². The molecule has 1 aliphatic heterocycles. The van der Waals surface area contributed by atoms with Crippen molar-refractivity contribution >= 4 is 23.4 Å². The van der Waals surface area contributed by atoms with Crippen LogP contribution in [0.2, 0.25) is 0 Å². The number of hydrogen-bond donors (Lipinski definition) is 3. The third-order valence-corrected chi connectivity index (χ3v) is 6.21. The van der Waals surface area contributed by atoms with Gasteiger partial charge in [0, 0.05) is 50.0 Å². The van der Waals surface area contributed by atoms with Gasteiger partial charge in [0.1, 0.15) is 11.8 Å². The Balaban J connectivity index is 1.77. The van der Waals surface area contributed by atoms with Gasteiger partial charge in [-0.1, -0.05) is 6.92 Å². The average molecular weight is 491 g/mol. The number of halogens is 1. The van der Waals surface area contributed by atoms with Gasteiger partial charge in [-0.15, -0.1) is 0 Å². The lowest BCUT2D eigenvalue weighted by Gasteiger charge is -2.35. The first-order valence-electron chi connectivity index (χ1n) is 12.0. The van der Waals surface area contributed by atoms with Crippen LogP contribution in [0.3, 0.4) is 0 Å². The number of rotatable bonds is 11. The predicted molar refractivity (Wildman–Crippen MR) is 129 cm³/mol. The van der Waals surface area contributed by atoms with Crippen molar-refractivity contribution in [3.63, 3.8) is 0 Å². The summed E-state index contributed by atoms with van der Waals surface area (Å²) >= 11 is 0. The number of aromatic nitrogens is 1. The first-order valence-corrected chi connectivity index (χ1v) is 12.0. The second kappa shape index (κ2) is 12.7. The molecule has 2 amide bonds. The number of carbonyl (C=O) groups is 2. The van der Waals surface area contributed by atoms with Crippen molar-refractivity contribution in [1.82, 2.24) is 20.5 Å². The molecule has 0 aromatic carbocycles.